The molecule has 1 aliphatic rings. The van der Waals surface area contributed by atoms with Gasteiger partial charge in [0.15, 0.2) is 0 Å². The van der Waals surface area contributed by atoms with Crippen molar-refractivity contribution < 1.29 is 0 Å². The standard InChI is InChI=1S/C8H12N4/c9-6-3-4-11-8(12-6)7(10)5-1-2-5/h3-5,7H,1-2,10H2,(H2,9,11,12). The van der Waals surface area contributed by atoms with Crippen molar-refractivity contribution in [3.05, 3.63) is 18.1 Å². The molecule has 1 unspecified atom stereocenters. The molecule has 1 heterocycles. The van der Waals surface area contributed by atoms with Crippen LogP contribution in [0, 0.1) is 5.92 Å². The van der Waals surface area contributed by atoms with Gasteiger partial charge in [0.1, 0.15) is 11.6 Å². The highest BCUT2D eigenvalue weighted by Gasteiger charge is 2.31. The summed E-state index contributed by atoms with van der Waals surface area (Å²) in [4.78, 5) is 8.16. The number of hydrogen-bond acceptors (Lipinski definition) is 4. The minimum atomic E-state index is -0.0199. The van der Waals surface area contributed by atoms with Crippen LogP contribution >= 0.6 is 0 Å². The van der Waals surface area contributed by atoms with E-state index in [9.17, 15) is 0 Å². The lowest BCUT2D eigenvalue weighted by Gasteiger charge is -2.07. The summed E-state index contributed by atoms with van der Waals surface area (Å²) < 4.78 is 0. The highest BCUT2D eigenvalue weighted by atomic mass is 15.0. The third kappa shape index (κ3) is 1.38. The number of rotatable bonds is 2. The van der Waals surface area contributed by atoms with E-state index in [1.54, 1.807) is 12.3 Å². The summed E-state index contributed by atoms with van der Waals surface area (Å²) in [5, 5.41) is 0. The van der Waals surface area contributed by atoms with Crippen molar-refractivity contribution in [2.45, 2.75) is 18.9 Å². The predicted octanol–water partition coefficient (Wildman–Crippen LogP) is 0.469. The summed E-state index contributed by atoms with van der Waals surface area (Å²) in [7, 11) is 0. The SMILES string of the molecule is Nc1ccnc(C(N)C2CC2)n1. The van der Waals surface area contributed by atoms with E-state index in [4.69, 9.17) is 11.5 Å². The smallest absolute Gasteiger partial charge is 0.147 e. The van der Waals surface area contributed by atoms with Gasteiger partial charge in [-0.1, -0.05) is 0 Å². The van der Waals surface area contributed by atoms with Crippen LogP contribution in [-0.2, 0) is 0 Å². The fraction of sp³-hybridized carbons (Fsp3) is 0.500. The Balaban J connectivity index is 2.20. The highest BCUT2D eigenvalue weighted by molar-refractivity contribution is 5.26. The van der Waals surface area contributed by atoms with Crippen LogP contribution in [-0.4, -0.2) is 9.97 Å². The van der Waals surface area contributed by atoms with Gasteiger partial charge in [-0.05, 0) is 24.8 Å². The Morgan fingerprint density at radius 2 is 2.25 bits per heavy atom. The summed E-state index contributed by atoms with van der Waals surface area (Å²) in [5.74, 6) is 1.75. The molecule has 1 aliphatic carbocycles. The molecular formula is C8H12N4. The lowest BCUT2D eigenvalue weighted by atomic mass is 10.2. The maximum Gasteiger partial charge on any atom is 0.147 e. The Kier molecular flexibility index (Phi) is 1.69. The molecule has 0 aromatic carbocycles. The molecule has 64 valence electrons. The minimum Gasteiger partial charge on any atom is -0.384 e. The van der Waals surface area contributed by atoms with E-state index in [1.165, 1.54) is 12.8 Å². The number of aromatic nitrogens is 2. The monoisotopic (exact) mass is 164 g/mol. The maximum atomic E-state index is 5.89. The van der Waals surface area contributed by atoms with Crippen LogP contribution in [0.25, 0.3) is 0 Å². The van der Waals surface area contributed by atoms with Gasteiger partial charge in [0.25, 0.3) is 0 Å². The first-order chi connectivity index (χ1) is 5.77. The van der Waals surface area contributed by atoms with Crippen LogP contribution in [0.4, 0.5) is 5.82 Å². The zero-order valence-corrected chi connectivity index (χ0v) is 6.77. The van der Waals surface area contributed by atoms with Gasteiger partial charge in [0, 0.05) is 6.20 Å². The van der Waals surface area contributed by atoms with E-state index < -0.39 is 0 Å². The fourth-order valence-electron chi connectivity index (χ4n) is 1.22. The summed E-state index contributed by atoms with van der Waals surface area (Å²) >= 11 is 0. The molecule has 0 bridgehead atoms. The molecule has 4 heteroatoms. The van der Waals surface area contributed by atoms with Crippen LogP contribution < -0.4 is 11.5 Å². The lowest BCUT2D eigenvalue weighted by molar-refractivity contribution is 0.594. The molecule has 2 rings (SSSR count). The predicted molar refractivity (Wildman–Crippen MR) is 46.1 cm³/mol. The summed E-state index contributed by atoms with van der Waals surface area (Å²) in [5.41, 5.74) is 11.4. The van der Waals surface area contributed by atoms with Gasteiger partial charge in [-0.3, -0.25) is 0 Å². The molecule has 0 amide bonds. The number of hydrogen-bond donors (Lipinski definition) is 2. The highest BCUT2D eigenvalue weighted by Crippen LogP contribution is 2.38. The topological polar surface area (TPSA) is 77.8 Å². The maximum absolute atomic E-state index is 5.89. The zero-order chi connectivity index (χ0) is 8.55. The number of nitrogens with two attached hydrogens (primary N) is 2. The van der Waals surface area contributed by atoms with E-state index in [-0.39, 0.29) is 6.04 Å². The molecule has 12 heavy (non-hydrogen) atoms. The van der Waals surface area contributed by atoms with E-state index in [2.05, 4.69) is 9.97 Å². The summed E-state index contributed by atoms with van der Waals surface area (Å²) in [6, 6.07) is 1.65. The van der Waals surface area contributed by atoms with Crippen LogP contribution in [0.15, 0.2) is 12.3 Å². The van der Waals surface area contributed by atoms with Crippen molar-refractivity contribution in [3.8, 4) is 0 Å². The molecule has 4 N–H and O–H groups in total. The molecule has 0 spiro atoms. The van der Waals surface area contributed by atoms with Gasteiger partial charge in [0.2, 0.25) is 0 Å². The van der Waals surface area contributed by atoms with Crippen molar-refractivity contribution in [2.75, 3.05) is 5.73 Å². The second-order valence-electron chi connectivity index (χ2n) is 3.20. The van der Waals surface area contributed by atoms with Gasteiger partial charge in [-0.2, -0.15) is 0 Å². The fourth-order valence-corrected chi connectivity index (χ4v) is 1.22. The van der Waals surface area contributed by atoms with Crippen molar-refractivity contribution in [3.63, 3.8) is 0 Å². The minimum absolute atomic E-state index is 0.0199. The second kappa shape index (κ2) is 2.71. The third-order valence-electron chi connectivity index (χ3n) is 2.12. The molecular weight excluding hydrogens is 152 g/mol. The Hall–Kier alpha value is -1.16. The van der Waals surface area contributed by atoms with Gasteiger partial charge in [-0.25, -0.2) is 9.97 Å². The summed E-state index contributed by atoms with van der Waals surface area (Å²) in [6.07, 6.45) is 4.04. The van der Waals surface area contributed by atoms with Gasteiger partial charge in [0.05, 0.1) is 6.04 Å². The van der Waals surface area contributed by atoms with E-state index in [0.29, 0.717) is 17.6 Å². The molecule has 1 saturated carbocycles. The third-order valence-corrected chi connectivity index (χ3v) is 2.12. The van der Waals surface area contributed by atoms with Crippen LogP contribution in [0.3, 0.4) is 0 Å². The van der Waals surface area contributed by atoms with Crippen LogP contribution in [0.2, 0.25) is 0 Å². The molecule has 1 aromatic rings. The molecule has 1 atom stereocenters. The zero-order valence-electron chi connectivity index (χ0n) is 6.77. The van der Waals surface area contributed by atoms with Crippen LogP contribution in [0.5, 0.6) is 0 Å². The quantitative estimate of drug-likeness (QED) is 0.666. The molecule has 0 aliphatic heterocycles. The lowest BCUT2D eigenvalue weighted by Crippen LogP contribution is -2.16. The van der Waals surface area contributed by atoms with Gasteiger partial charge < -0.3 is 11.5 Å². The molecule has 4 nitrogen and oxygen atoms in total. The number of nitrogens with zero attached hydrogens (tertiary/aromatic N) is 2. The Morgan fingerprint density at radius 3 is 2.83 bits per heavy atom. The van der Waals surface area contributed by atoms with Gasteiger partial charge in [-0.15, -0.1) is 0 Å². The number of anilines is 1. The Bertz CT molecular complexity index is 282. The first-order valence-electron chi connectivity index (χ1n) is 4.11. The van der Waals surface area contributed by atoms with Crippen molar-refractivity contribution in [1.29, 1.82) is 0 Å². The largest absolute Gasteiger partial charge is 0.384 e. The van der Waals surface area contributed by atoms with E-state index in [1.807, 2.05) is 0 Å². The Morgan fingerprint density at radius 1 is 1.50 bits per heavy atom. The number of nitrogen functional groups attached to an aromatic ring is 1. The normalized spacial score (nSPS) is 19.1. The van der Waals surface area contributed by atoms with Crippen molar-refractivity contribution in [2.24, 2.45) is 11.7 Å². The molecule has 1 aromatic heterocycles. The Labute approximate surface area is 71.0 Å². The second-order valence-corrected chi connectivity index (χ2v) is 3.20. The first kappa shape index (κ1) is 7.49. The van der Waals surface area contributed by atoms with Gasteiger partial charge >= 0.3 is 0 Å². The molecule has 0 radical (unpaired) electrons. The van der Waals surface area contributed by atoms with E-state index >= 15 is 0 Å². The average molecular weight is 164 g/mol. The summed E-state index contributed by atoms with van der Waals surface area (Å²) in [6.45, 7) is 0. The van der Waals surface area contributed by atoms with Crippen LogP contribution in [0.1, 0.15) is 24.7 Å². The van der Waals surface area contributed by atoms with E-state index in [0.717, 1.165) is 0 Å². The van der Waals surface area contributed by atoms with Crippen molar-refractivity contribution in [1.82, 2.24) is 9.97 Å². The van der Waals surface area contributed by atoms with Crippen molar-refractivity contribution >= 4 is 5.82 Å². The average Bonchev–Trinajstić information content (AvgIpc) is 2.85. The molecule has 1 fully saturated rings. The molecule has 0 saturated heterocycles. The first-order valence-corrected chi connectivity index (χ1v) is 4.11.